The van der Waals surface area contributed by atoms with Crippen molar-refractivity contribution in [3.05, 3.63) is 12.2 Å². The van der Waals surface area contributed by atoms with Gasteiger partial charge in [0.1, 0.15) is 5.92 Å². The van der Waals surface area contributed by atoms with Gasteiger partial charge in [0.25, 0.3) is 0 Å². The van der Waals surface area contributed by atoms with Crippen LogP contribution in [0.1, 0.15) is 18.2 Å². The Labute approximate surface area is 62.8 Å². The zero-order chi connectivity index (χ0) is 7.68. The maximum absolute atomic E-state index is 11.0. The molecule has 1 N–H and O–H groups in total. The molecular weight excluding hydrogens is 146 g/mol. The molecule has 1 aliphatic rings. The summed E-state index contributed by atoms with van der Waals surface area (Å²) >= 11 is 0. The molecule has 0 spiro atoms. The Morgan fingerprint density at radius 1 is 1.73 bits per heavy atom. The molecule has 1 amide bonds. The number of hydrogen-bond donors (Lipinski definition) is 1. The van der Waals surface area contributed by atoms with Gasteiger partial charge in [0.05, 0.1) is 0 Å². The van der Waals surface area contributed by atoms with Gasteiger partial charge in [0.15, 0.2) is 6.33 Å². The number of nitrogens with one attached hydrogen (secondary N) is 1. The molecule has 0 aromatic carbocycles. The summed E-state index contributed by atoms with van der Waals surface area (Å²) in [6, 6.07) is 0. The van der Waals surface area contributed by atoms with E-state index in [0.29, 0.717) is 12.4 Å². The molecular formula is C6H7N3O2. The van der Waals surface area contributed by atoms with Gasteiger partial charge in [0, 0.05) is 6.54 Å². The number of hydrogen-bond acceptors (Lipinski definition) is 4. The number of carbonyl (C=O) groups excluding carboxylic acids is 1. The van der Waals surface area contributed by atoms with Gasteiger partial charge in [-0.3, -0.25) is 4.79 Å². The summed E-state index contributed by atoms with van der Waals surface area (Å²) in [4.78, 5) is 14.8. The summed E-state index contributed by atoms with van der Waals surface area (Å²) < 4.78 is 4.77. The lowest BCUT2D eigenvalue weighted by Crippen LogP contribution is -2.17. The molecule has 1 aliphatic heterocycles. The van der Waals surface area contributed by atoms with E-state index in [1.165, 1.54) is 6.33 Å². The minimum Gasteiger partial charge on any atom is -0.355 e. The van der Waals surface area contributed by atoms with Crippen molar-refractivity contribution < 1.29 is 9.32 Å². The lowest BCUT2D eigenvalue weighted by atomic mass is 10.1. The quantitative estimate of drug-likeness (QED) is 0.600. The van der Waals surface area contributed by atoms with Crippen molar-refractivity contribution in [1.29, 1.82) is 0 Å². The van der Waals surface area contributed by atoms with E-state index in [1.807, 2.05) is 0 Å². The zero-order valence-electron chi connectivity index (χ0n) is 5.78. The molecule has 2 rings (SSSR count). The highest BCUT2D eigenvalue weighted by Crippen LogP contribution is 2.20. The van der Waals surface area contributed by atoms with Crippen LogP contribution in [-0.4, -0.2) is 22.6 Å². The number of nitrogens with zero attached hydrogens (tertiary/aromatic N) is 2. The van der Waals surface area contributed by atoms with E-state index in [2.05, 4.69) is 15.5 Å². The molecule has 1 aromatic heterocycles. The first kappa shape index (κ1) is 6.33. The fraction of sp³-hybridized carbons (Fsp3) is 0.500. The molecule has 5 nitrogen and oxygen atoms in total. The van der Waals surface area contributed by atoms with Gasteiger partial charge in [-0.05, 0) is 6.42 Å². The third-order valence-corrected chi connectivity index (χ3v) is 1.73. The molecule has 0 aliphatic carbocycles. The Bertz CT molecular complexity index is 257. The van der Waals surface area contributed by atoms with Crippen LogP contribution in [0, 0.1) is 0 Å². The standard InChI is InChI=1S/C6H7N3O2/c10-5-4(1-2-7-5)6-8-3-9-11-6/h3-4H,1-2H2,(H,7,10). The minimum absolute atomic E-state index is 0.0192. The van der Waals surface area contributed by atoms with Gasteiger partial charge in [-0.25, -0.2) is 0 Å². The molecule has 0 bridgehead atoms. The zero-order valence-corrected chi connectivity index (χ0v) is 5.78. The van der Waals surface area contributed by atoms with Crippen LogP contribution >= 0.6 is 0 Å². The fourth-order valence-electron chi connectivity index (χ4n) is 1.16. The van der Waals surface area contributed by atoms with Crippen molar-refractivity contribution in [2.45, 2.75) is 12.3 Å². The SMILES string of the molecule is O=C1NCCC1c1ncno1. The van der Waals surface area contributed by atoms with Crippen LogP contribution in [0.2, 0.25) is 0 Å². The Morgan fingerprint density at radius 3 is 3.18 bits per heavy atom. The normalized spacial score (nSPS) is 23.6. The lowest BCUT2D eigenvalue weighted by Gasteiger charge is -1.96. The van der Waals surface area contributed by atoms with Crippen molar-refractivity contribution in [2.75, 3.05) is 6.54 Å². The molecule has 1 atom stereocenters. The fourth-order valence-corrected chi connectivity index (χ4v) is 1.16. The highest BCUT2D eigenvalue weighted by molar-refractivity contribution is 5.84. The predicted molar refractivity (Wildman–Crippen MR) is 34.7 cm³/mol. The second-order valence-electron chi connectivity index (χ2n) is 2.41. The number of carbonyl (C=O) groups is 1. The minimum atomic E-state index is -0.225. The largest absolute Gasteiger partial charge is 0.355 e. The van der Waals surface area contributed by atoms with Crippen LogP contribution in [0.25, 0.3) is 0 Å². The average molecular weight is 153 g/mol. The molecule has 0 radical (unpaired) electrons. The summed E-state index contributed by atoms with van der Waals surface area (Å²) in [5, 5.41) is 6.13. The van der Waals surface area contributed by atoms with E-state index < -0.39 is 0 Å². The van der Waals surface area contributed by atoms with Crippen LogP contribution < -0.4 is 5.32 Å². The van der Waals surface area contributed by atoms with E-state index in [4.69, 9.17) is 4.52 Å². The monoisotopic (exact) mass is 153 g/mol. The summed E-state index contributed by atoms with van der Waals surface area (Å²) in [5.41, 5.74) is 0. The van der Waals surface area contributed by atoms with Crippen LogP contribution in [0.15, 0.2) is 10.9 Å². The second kappa shape index (κ2) is 2.34. The average Bonchev–Trinajstić information content (AvgIpc) is 2.55. The molecule has 1 aromatic rings. The van der Waals surface area contributed by atoms with Gasteiger partial charge in [-0.2, -0.15) is 4.98 Å². The molecule has 2 heterocycles. The highest BCUT2D eigenvalue weighted by atomic mass is 16.5. The first-order chi connectivity index (χ1) is 5.38. The topological polar surface area (TPSA) is 68.0 Å². The Balaban J connectivity index is 2.23. The Morgan fingerprint density at radius 2 is 2.64 bits per heavy atom. The van der Waals surface area contributed by atoms with Gasteiger partial charge in [-0.15, -0.1) is 0 Å². The highest BCUT2D eigenvalue weighted by Gasteiger charge is 2.29. The molecule has 5 heteroatoms. The van der Waals surface area contributed by atoms with Gasteiger partial charge in [0.2, 0.25) is 11.8 Å². The molecule has 1 unspecified atom stereocenters. The predicted octanol–water partition coefficient (Wildman–Crippen LogP) is -0.327. The van der Waals surface area contributed by atoms with Crippen molar-refractivity contribution in [2.24, 2.45) is 0 Å². The van der Waals surface area contributed by atoms with E-state index >= 15 is 0 Å². The number of aromatic nitrogens is 2. The van der Waals surface area contributed by atoms with Crippen LogP contribution in [-0.2, 0) is 4.79 Å². The van der Waals surface area contributed by atoms with Gasteiger partial charge in [-0.1, -0.05) is 5.16 Å². The summed E-state index contributed by atoms with van der Waals surface area (Å²) in [6.07, 6.45) is 2.06. The van der Waals surface area contributed by atoms with Crippen LogP contribution in [0.4, 0.5) is 0 Å². The number of amides is 1. The van der Waals surface area contributed by atoms with E-state index in [1.54, 1.807) is 0 Å². The van der Waals surface area contributed by atoms with Gasteiger partial charge < -0.3 is 9.84 Å². The molecule has 1 fully saturated rings. The van der Waals surface area contributed by atoms with E-state index in [9.17, 15) is 4.79 Å². The third kappa shape index (κ3) is 0.978. The summed E-state index contributed by atoms with van der Waals surface area (Å²) in [7, 11) is 0. The van der Waals surface area contributed by atoms with E-state index in [0.717, 1.165) is 6.42 Å². The van der Waals surface area contributed by atoms with Crippen molar-refractivity contribution in [3.8, 4) is 0 Å². The first-order valence-electron chi connectivity index (χ1n) is 3.42. The maximum atomic E-state index is 11.0. The van der Waals surface area contributed by atoms with Crippen LogP contribution in [0.3, 0.4) is 0 Å². The molecule has 11 heavy (non-hydrogen) atoms. The Hall–Kier alpha value is -1.39. The molecule has 1 saturated heterocycles. The second-order valence-corrected chi connectivity index (χ2v) is 2.41. The summed E-state index contributed by atoms with van der Waals surface area (Å²) in [6.45, 7) is 0.700. The van der Waals surface area contributed by atoms with Crippen molar-refractivity contribution in [3.63, 3.8) is 0 Å². The number of rotatable bonds is 1. The van der Waals surface area contributed by atoms with E-state index in [-0.39, 0.29) is 11.8 Å². The third-order valence-electron chi connectivity index (χ3n) is 1.73. The molecule has 0 saturated carbocycles. The van der Waals surface area contributed by atoms with Gasteiger partial charge >= 0.3 is 0 Å². The van der Waals surface area contributed by atoms with Crippen LogP contribution in [0.5, 0.6) is 0 Å². The molecule has 58 valence electrons. The maximum Gasteiger partial charge on any atom is 0.238 e. The Kier molecular flexibility index (Phi) is 1.34. The van der Waals surface area contributed by atoms with Crippen molar-refractivity contribution >= 4 is 5.91 Å². The van der Waals surface area contributed by atoms with Crippen molar-refractivity contribution in [1.82, 2.24) is 15.5 Å². The summed E-state index contributed by atoms with van der Waals surface area (Å²) in [5.74, 6) is 0.173. The lowest BCUT2D eigenvalue weighted by molar-refractivity contribution is -0.120. The smallest absolute Gasteiger partial charge is 0.238 e. The first-order valence-corrected chi connectivity index (χ1v) is 3.42.